The van der Waals surface area contributed by atoms with Gasteiger partial charge in [0.2, 0.25) is 0 Å². The summed E-state index contributed by atoms with van der Waals surface area (Å²) < 4.78 is 52.9. The van der Waals surface area contributed by atoms with Gasteiger partial charge < -0.3 is 0 Å². The second-order valence-corrected chi connectivity index (χ2v) is 10.8. The van der Waals surface area contributed by atoms with Crippen LogP contribution in [-0.4, -0.2) is 27.3 Å². The molecule has 0 saturated heterocycles. The van der Waals surface area contributed by atoms with Crippen molar-refractivity contribution in [2.24, 2.45) is 11.8 Å². The normalized spacial score (nSPS) is 28.3. The van der Waals surface area contributed by atoms with E-state index < -0.39 is 30.2 Å². The fraction of sp³-hybridized carbons (Fsp3) is 0.263. The van der Waals surface area contributed by atoms with Crippen molar-refractivity contribution in [1.29, 1.82) is 0 Å². The van der Waals surface area contributed by atoms with Gasteiger partial charge in [-0.1, -0.05) is 48.6 Å². The molecule has 0 radical (unpaired) electrons. The zero-order valence-electron chi connectivity index (χ0n) is 13.4. The number of hydrogen-bond donors (Lipinski definition) is 0. The highest BCUT2D eigenvalue weighted by Crippen LogP contribution is 2.48. The maximum Gasteiger partial charge on any atom is 0.183 e. The molecule has 2 aliphatic carbocycles. The molecule has 6 heteroatoms. The third kappa shape index (κ3) is 2.55. The van der Waals surface area contributed by atoms with E-state index in [4.69, 9.17) is 0 Å². The van der Waals surface area contributed by atoms with Crippen LogP contribution in [0, 0.1) is 11.8 Å². The Labute approximate surface area is 148 Å². The van der Waals surface area contributed by atoms with E-state index in [1.165, 1.54) is 24.3 Å². The Kier molecular flexibility index (Phi) is 3.85. The molecule has 4 atom stereocenters. The highest BCUT2D eigenvalue weighted by atomic mass is 32.2. The minimum atomic E-state index is -3.74. The molecule has 0 spiro atoms. The lowest BCUT2D eigenvalue weighted by atomic mass is 10.1. The van der Waals surface area contributed by atoms with Gasteiger partial charge in [0.1, 0.15) is 0 Å². The molecule has 0 amide bonds. The Bertz CT molecular complexity index is 926. The molecule has 2 aromatic rings. The second kappa shape index (κ2) is 5.81. The Morgan fingerprint density at radius 3 is 1.32 bits per heavy atom. The molecular weight excluding hydrogens is 356 g/mol. The first-order valence-electron chi connectivity index (χ1n) is 8.18. The van der Waals surface area contributed by atoms with E-state index in [1.807, 2.05) is 12.2 Å². The van der Waals surface area contributed by atoms with E-state index in [0.29, 0.717) is 6.42 Å². The van der Waals surface area contributed by atoms with Gasteiger partial charge in [0.25, 0.3) is 0 Å². The summed E-state index contributed by atoms with van der Waals surface area (Å²) in [6.07, 6.45) is 4.31. The Morgan fingerprint density at radius 1 is 0.600 bits per heavy atom. The smallest absolute Gasteiger partial charge is 0.183 e. The molecule has 0 aromatic heterocycles. The molecule has 2 aromatic carbocycles. The van der Waals surface area contributed by atoms with Gasteiger partial charge in [0, 0.05) is 0 Å². The topological polar surface area (TPSA) is 68.3 Å². The SMILES string of the molecule is O=S(=O)(c1ccccc1)[C@@H]1[C@H](S(=O)(=O)c2ccccc2)[C@H]2C=C[C@H]1C2. The van der Waals surface area contributed by atoms with Crippen LogP contribution < -0.4 is 0 Å². The van der Waals surface area contributed by atoms with Gasteiger partial charge in [-0.05, 0) is 42.5 Å². The van der Waals surface area contributed by atoms with Crippen molar-refractivity contribution in [3.63, 3.8) is 0 Å². The monoisotopic (exact) mass is 374 g/mol. The molecule has 1 fully saturated rings. The molecule has 1 saturated carbocycles. The highest BCUT2D eigenvalue weighted by molar-refractivity contribution is 7.96. The first-order chi connectivity index (χ1) is 11.9. The third-order valence-corrected chi connectivity index (χ3v) is 9.93. The van der Waals surface area contributed by atoms with Crippen molar-refractivity contribution in [3.8, 4) is 0 Å². The molecule has 0 heterocycles. The molecule has 0 aliphatic heterocycles. The number of hydrogen-bond acceptors (Lipinski definition) is 4. The number of fused-ring (bicyclic) bond motifs is 2. The van der Waals surface area contributed by atoms with Crippen molar-refractivity contribution in [2.45, 2.75) is 26.7 Å². The summed E-state index contributed by atoms with van der Waals surface area (Å²) >= 11 is 0. The van der Waals surface area contributed by atoms with Crippen LogP contribution >= 0.6 is 0 Å². The van der Waals surface area contributed by atoms with Crippen LogP contribution in [0.1, 0.15) is 6.42 Å². The standard InChI is InChI=1S/C19H18O4S2/c20-24(21,16-7-3-1-4-8-16)18-14-11-12-15(13-14)19(18)25(22,23)17-9-5-2-6-10-17/h1-12,14-15,18-19H,13H2/t14-,15-,18-,19+/m0/s1. The summed E-state index contributed by atoms with van der Waals surface area (Å²) in [6, 6.07) is 16.3. The Balaban J connectivity index is 1.84. The zero-order valence-corrected chi connectivity index (χ0v) is 15.0. The van der Waals surface area contributed by atoms with E-state index in [9.17, 15) is 16.8 Å². The summed E-state index contributed by atoms with van der Waals surface area (Å²) in [4.78, 5) is 0.378. The van der Waals surface area contributed by atoms with Crippen molar-refractivity contribution >= 4 is 19.7 Å². The maximum absolute atomic E-state index is 13.2. The van der Waals surface area contributed by atoms with E-state index in [2.05, 4.69) is 0 Å². The van der Waals surface area contributed by atoms with Gasteiger partial charge >= 0.3 is 0 Å². The fourth-order valence-electron chi connectivity index (χ4n) is 4.08. The summed E-state index contributed by atoms with van der Waals surface area (Å²) in [5.74, 6) is -0.502. The van der Waals surface area contributed by atoms with Gasteiger partial charge in [-0.2, -0.15) is 0 Å². The van der Waals surface area contributed by atoms with Gasteiger partial charge in [-0.15, -0.1) is 0 Å². The maximum atomic E-state index is 13.2. The van der Waals surface area contributed by atoms with Gasteiger partial charge in [0.15, 0.2) is 19.7 Å². The molecule has 25 heavy (non-hydrogen) atoms. The molecule has 130 valence electrons. The van der Waals surface area contributed by atoms with Crippen LogP contribution in [0.3, 0.4) is 0 Å². The fourth-order valence-corrected chi connectivity index (χ4v) is 9.09. The number of sulfone groups is 2. The Morgan fingerprint density at radius 2 is 0.960 bits per heavy atom. The van der Waals surface area contributed by atoms with Crippen LogP contribution in [0.5, 0.6) is 0 Å². The molecule has 0 unspecified atom stereocenters. The molecule has 4 nitrogen and oxygen atoms in total. The quantitative estimate of drug-likeness (QED) is 0.772. The van der Waals surface area contributed by atoms with E-state index in [-0.39, 0.29) is 21.6 Å². The summed E-state index contributed by atoms with van der Waals surface area (Å²) in [5.41, 5.74) is 0. The van der Waals surface area contributed by atoms with Gasteiger partial charge in [-0.3, -0.25) is 0 Å². The first-order valence-corrected chi connectivity index (χ1v) is 11.3. The summed E-state index contributed by atoms with van der Waals surface area (Å²) in [6.45, 7) is 0. The van der Waals surface area contributed by atoms with E-state index in [0.717, 1.165) is 0 Å². The molecule has 0 N–H and O–H groups in total. The van der Waals surface area contributed by atoms with Crippen LogP contribution in [0.2, 0.25) is 0 Å². The predicted octanol–water partition coefficient (Wildman–Crippen LogP) is 2.88. The lowest BCUT2D eigenvalue weighted by Gasteiger charge is -2.27. The molecule has 2 aliphatic rings. The second-order valence-electron chi connectivity index (χ2n) is 6.59. The van der Waals surface area contributed by atoms with Crippen LogP contribution in [0.25, 0.3) is 0 Å². The Hall–Kier alpha value is -1.92. The molecule has 4 rings (SSSR count). The minimum absolute atomic E-state index is 0.189. The van der Waals surface area contributed by atoms with Crippen molar-refractivity contribution < 1.29 is 16.8 Å². The number of benzene rings is 2. The lowest BCUT2D eigenvalue weighted by molar-refractivity contribution is 0.540. The van der Waals surface area contributed by atoms with E-state index >= 15 is 0 Å². The van der Waals surface area contributed by atoms with Crippen LogP contribution in [-0.2, 0) is 19.7 Å². The predicted molar refractivity (Wildman–Crippen MR) is 95.6 cm³/mol. The van der Waals surface area contributed by atoms with Crippen LogP contribution in [0.15, 0.2) is 82.6 Å². The van der Waals surface area contributed by atoms with Crippen molar-refractivity contribution in [3.05, 3.63) is 72.8 Å². The minimum Gasteiger partial charge on any atom is -0.223 e. The lowest BCUT2D eigenvalue weighted by Crippen LogP contribution is -2.42. The average Bonchev–Trinajstić information content (AvgIpc) is 3.25. The number of allylic oxidation sites excluding steroid dienone is 2. The van der Waals surface area contributed by atoms with E-state index in [1.54, 1.807) is 36.4 Å². The average molecular weight is 374 g/mol. The molecule has 2 bridgehead atoms. The summed E-state index contributed by atoms with van der Waals surface area (Å²) in [5, 5.41) is -1.87. The zero-order chi connectivity index (χ0) is 17.7. The van der Waals surface area contributed by atoms with Gasteiger partial charge in [-0.25, -0.2) is 16.8 Å². The van der Waals surface area contributed by atoms with Crippen LogP contribution in [0.4, 0.5) is 0 Å². The highest BCUT2D eigenvalue weighted by Gasteiger charge is 2.56. The summed E-state index contributed by atoms with van der Waals surface area (Å²) in [7, 11) is -7.48. The third-order valence-electron chi connectivity index (χ3n) is 5.18. The molecular formula is C19H18O4S2. The first kappa shape index (κ1) is 16.5. The van der Waals surface area contributed by atoms with Gasteiger partial charge in [0.05, 0.1) is 20.3 Å². The largest absolute Gasteiger partial charge is 0.223 e. The van der Waals surface area contributed by atoms with Crippen molar-refractivity contribution in [2.75, 3.05) is 0 Å². The number of rotatable bonds is 4. The van der Waals surface area contributed by atoms with Crippen molar-refractivity contribution in [1.82, 2.24) is 0 Å².